The van der Waals surface area contributed by atoms with Gasteiger partial charge in [0.2, 0.25) is 0 Å². The van der Waals surface area contributed by atoms with Crippen molar-refractivity contribution >= 4 is 0 Å². The minimum atomic E-state index is 0.241. The van der Waals surface area contributed by atoms with Crippen LogP contribution in [0.25, 0.3) is 0 Å². The molecule has 0 bridgehead atoms. The lowest BCUT2D eigenvalue weighted by Gasteiger charge is -2.35. The number of aliphatic hydroxyl groups is 1. The van der Waals surface area contributed by atoms with Gasteiger partial charge in [0.05, 0.1) is 0 Å². The predicted molar refractivity (Wildman–Crippen MR) is 87.8 cm³/mol. The van der Waals surface area contributed by atoms with Gasteiger partial charge in [-0.25, -0.2) is 0 Å². The molecule has 1 saturated heterocycles. The first-order valence-electron chi connectivity index (χ1n) is 8.38. The minimum absolute atomic E-state index is 0.241. The summed E-state index contributed by atoms with van der Waals surface area (Å²) in [5.74, 6) is 0. The molecule has 1 aromatic heterocycles. The van der Waals surface area contributed by atoms with E-state index in [1.165, 1.54) is 35.2 Å². The Morgan fingerprint density at radius 1 is 1.14 bits per heavy atom. The standard InChI is InChI=1S/C19H24N2O/c1-20-13-15(10-12-22)19-17(20)9-11-21-16(7-8-18(19)21)14-5-3-2-4-6-14/h2-6,13,16,18,22H,7-12H2,1H3. The smallest absolute Gasteiger partial charge is 0.0472 e. The summed E-state index contributed by atoms with van der Waals surface area (Å²) in [7, 11) is 2.15. The van der Waals surface area contributed by atoms with Gasteiger partial charge in [0.25, 0.3) is 0 Å². The Bertz CT molecular complexity index is 662. The number of hydrogen-bond acceptors (Lipinski definition) is 2. The van der Waals surface area contributed by atoms with Crippen molar-refractivity contribution in [3.8, 4) is 0 Å². The summed E-state index contributed by atoms with van der Waals surface area (Å²) in [6.07, 6.45) is 6.61. The molecule has 0 aliphatic carbocycles. The van der Waals surface area contributed by atoms with Crippen molar-refractivity contribution in [3.63, 3.8) is 0 Å². The Morgan fingerprint density at radius 2 is 1.91 bits per heavy atom. The summed E-state index contributed by atoms with van der Waals surface area (Å²) < 4.78 is 2.29. The van der Waals surface area contributed by atoms with Crippen LogP contribution in [0.15, 0.2) is 36.5 Å². The predicted octanol–water partition coefficient (Wildman–Crippen LogP) is 2.99. The van der Waals surface area contributed by atoms with Gasteiger partial charge in [-0.3, -0.25) is 4.90 Å². The second kappa shape index (κ2) is 5.56. The van der Waals surface area contributed by atoms with Gasteiger partial charge in [-0.2, -0.15) is 0 Å². The molecule has 3 heterocycles. The minimum Gasteiger partial charge on any atom is -0.396 e. The number of hydrogen-bond donors (Lipinski definition) is 1. The average Bonchev–Trinajstić information content (AvgIpc) is 3.10. The lowest BCUT2D eigenvalue weighted by Crippen LogP contribution is -2.33. The molecule has 2 unspecified atom stereocenters. The molecular formula is C19H24N2O. The highest BCUT2D eigenvalue weighted by atomic mass is 16.2. The zero-order valence-electron chi connectivity index (χ0n) is 13.2. The topological polar surface area (TPSA) is 28.4 Å². The van der Waals surface area contributed by atoms with Gasteiger partial charge >= 0.3 is 0 Å². The van der Waals surface area contributed by atoms with Crippen LogP contribution in [0.2, 0.25) is 0 Å². The largest absolute Gasteiger partial charge is 0.396 e. The number of aliphatic hydroxyl groups excluding tert-OH is 1. The van der Waals surface area contributed by atoms with Gasteiger partial charge in [-0.15, -0.1) is 0 Å². The van der Waals surface area contributed by atoms with Crippen molar-refractivity contribution < 1.29 is 5.11 Å². The molecule has 2 aromatic rings. The first-order valence-corrected chi connectivity index (χ1v) is 8.38. The molecule has 1 fully saturated rings. The molecular weight excluding hydrogens is 272 g/mol. The SMILES string of the molecule is Cn1cc(CCO)c2c1CCN1C(c3ccccc3)CCC21. The summed E-state index contributed by atoms with van der Waals surface area (Å²) in [5, 5.41) is 9.38. The first kappa shape index (κ1) is 14.0. The number of nitrogens with zero attached hydrogens (tertiary/aromatic N) is 2. The van der Waals surface area contributed by atoms with E-state index in [9.17, 15) is 5.11 Å². The molecule has 22 heavy (non-hydrogen) atoms. The molecule has 3 nitrogen and oxygen atoms in total. The summed E-state index contributed by atoms with van der Waals surface area (Å²) in [6.45, 7) is 1.39. The molecule has 2 aliphatic heterocycles. The van der Waals surface area contributed by atoms with Crippen LogP contribution in [0.3, 0.4) is 0 Å². The number of benzene rings is 1. The fraction of sp³-hybridized carbons (Fsp3) is 0.474. The average molecular weight is 296 g/mol. The van der Waals surface area contributed by atoms with Crippen LogP contribution in [0, 0.1) is 0 Å². The molecule has 0 radical (unpaired) electrons. The van der Waals surface area contributed by atoms with E-state index in [0.717, 1.165) is 19.4 Å². The fourth-order valence-electron chi connectivity index (χ4n) is 4.55. The summed E-state index contributed by atoms with van der Waals surface area (Å²) >= 11 is 0. The van der Waals surface area contributed by atoms with Crippen LogP contribution in [0.1, 0.15) is 47.3 Å². The number of aryl methyl sites for hydroxylation is 1. The van der Waals surface area contributed by atoms with Gasteiger partial charge in [-0.05, 0) is 36.0 Å². The van der Waals surface area contributed by atoms with E-state index in [2.05, 4.69) is 53.0 Å². The highest BCUT2D eigenvalue weighted by molar-refractivity contribution is 5.39. The van der Waals surface area contributed by atoms with Crippen LogP contribution in [0.4, 0.5) is 0 Å². The van der Waals surface area contributed by atoms with Crippen molar-refractivity contribution in [3.05, 3.63) is 58.9 Å². The van der Waals surface area contributed by atoms with Gasteiger partial charge in [0.15, 0.2) is 0 Å². The normalized spacial score (nSPS) is 24.3. The molecule has 1 N–H and O–H groups in total. The molecule has 2 atom stereocenters. The lowest BCUT2D eigenvalue weighted by atomic mass is 9.94. The summed E-state index contributed by atoms with van der Waals surface area (Å²) in [5.41, 5.74) is 5.80. The van der Waals surface area contributed by atoms with Gasteiger partial charge in [-0.1, -0.05) is 30.3 Å². The molecule has 116 valence electrons. The number of fused-ring (bicyclic) bond motifs is 3. The number of rotatable bonds is 3. The van der Waals surface area contributed by atoms with E-state index in [0.29, 0.717) is 12.1 Å². The van der Waals surface area contributed by atoms with E-state index in [-0.39, 0.29) is 6.61 Å². The van der Waals surface area contributed by atoms with Crippen molar-refractivity contribution in [2.75, 3.05) is 13.2 Å². The zero-order chi connectivity index (χ0) is 15.1. The molecule has 4 rings (SSSR count). The van der Waals surface area contributed by atoms with Crippen LogP contribution in [-0.2, 0) is 19.9 Å². The molecule has 3 heteroatoms. The second-order valence-electron chi connectivity index (χ2n) is 6.61. The Hall–Kier alpha value is -1.58. The number of aromatic nitrogens is 1. The Morgan fingerprint density at radius 3 is 2.68 bits per heavy atom. The van der Waals surface area contributed by atoms with E-state index < -0.39 is 0 Å². The maximum absolute atomic E-state index is 9.38. The quantitative estimate of drug-likeness (QED) is 0.943. The first-order chi connectivity index (χ1) is 10.8. The van der Waals surface area contributed by atoms with Gasteiger partial charge in [0, 0.05) is 50.6 Å². The van der Waals surface area contributed by atoms with E-state index in [1.807, 2.05) is 0 Å². The van der Waals surface area contributed by atoms with Gasteiger partial charge in [0.1, 0.15) is 0 Å². The lowest BCUT2D eigenvalue weighted by molar-refractivity contribution is 0.181. The van der Waals surface area contributed by atoms with Crippen LogP contribution < -0.4 is 0 Å². The molecule has 0 amide bonds. The van der Waals surface area contributed by atoms with Gasteiger partial charge < -0.3 is 9.67 Å². The van der Waals surface area contributed by atoms with Crippen LogP contribution >= 0.6 is 0 Å². The Balaban J connectivity index is 1.70. The third-order valence-corrected chi connectivity index (χ3v) is 5.45. The maximum Gasteiger partial charge on any atom is 0.0472 e. The van der Waals surface area contributed by atoms with Crippen molar-refractivity contribution in [2.45, 2.75) is 37.8 Å². The van der Waals surface area contributed by atoms with Crippen molar-refractivity contribution in [1.82, 2.24) is 9.47 Å². The van der Waals surface area contributed by atoms with E-state index >= 15 is 0 Å². The van der Waals surface area contributed by atoms with Crippen molar-refractivity contribution in [1.29, 1.82) is 0 Å². The second-order valence-corrected chi connectivity index (χ2v) is 6.61. The molecule has 1 aromatic carbocycles. The molecule has 2 aliphatic rings. The third-order valence-electron chi connectivity index (χ3n) is 5.45. The van der Waals surface area contributed by atoms with Crippen LogP contribution in [-0.4, -0.2) is 27.7 Å². The highest BCUT2D eigenvalue weighted by Crippen LogP contribution is 2.48. The van der Waals surface area contributed by atoms with Crippen molar-refractivity contribution in [2.24, 2.45) is 7.05 Å². The zero-order valence-corrected chi connectivity index (χ0v) is 13.2. The fourth-order valence-corrected chi connectivity index (χ4v) is 4.55. The third kappa shape index (κ3) is 2.11. The monoisotopic (exact) mass is 296 g/mol. The van der Waals surface area contributed by atoms with E-state index in [4.69, 9.17) is 0 Å². The van der Waals surface area contributed by atoms with E-state index in [1.54, 1.807) is 0 Å². The summed E-state index contributed by atoms with van der Waals surface area (Å²) in [4.78, 5) is 2.69. The molecule has 0 spiro atoms. The maximum atomic E-state index is 9.38. The molecule has 0 saturated carbocycles. The Labute approximate surface area is 132 Å². The van der Waals surface area contributed by atoms with Crippen LogP contribution in [0.5, 0.6) is 0 Å². The Kier molecular flexibility index (Phi) is 3.55. The highest BCUT2D eigenvalue weighted by Gasteiger charge is 2.40. The summed E-state index contributed by atoms with van der Waals surface area (Å²) in [6, 6.07) is 12.0.